The number of imidazole rings is 1. The Morgan fingerprint density at radius 2 is 2.08 bits per heavy atom. The fourth-order valence-corrected chi connectivity index (χ4v) is 3.50. The van der Waals surface area contributed by atoms with E-state index in [0.717, 1.165) is 49.4 Å². The summed E-state index contributed by atoms with van der Waals surface area (Å²) in [6.07, 6.45) is 2.79. The third-order valence-electron chi connectivity index (χ3n) is 4.79. The molecule has 7 heteroatoms. The van der Waals surface area contributed by atoms with Crippen LogP contribution in [0.25, 0.3) is 11.2 Å². The maximum Gasteiger partial charge on any atom is 0.328 e. The molecule has 2 N–H and O–H groups in total. The molecule has 2 aromatic heterocycles. The van der Waals surface area contributed by atoms with Gasteiger partial charge in [-0.1, -0.05) is 18.2 Å². The molecule has 3 aromatic rings. The molecule has 26 heavy (non-hydrogen) atoms. The largest absolute Gasteiger partial charge is 0.368 e. The van der Waals surface area contributed by atoms with Gasteiger partial charge in [-0.25, -0.2) is 9.78 Å². The number of nitriles is 1. The SMILES string of the molecule is N#Cc1ccccc1Cn1c(=O)[nH]c2nccc(N3CCCNCC3)c21. The summed E-state index contributed by atoms with van der Waals surface area (Å²) in [5, 5.41) is 12.7. The number of H-pyrrole nitrogens is 1. The van der Waals surface area contributed by atoms with Crippen molar-refractivity contribution in [1.82, 2.24) is 19.9 Å². The number of hydrogen-bond donors (Lipinski definition) is 2. The fraction of sp³-hybridized carbons (Fsp3) is 0.316. The maximum atomic E-state index is 12.6. The Hall–Kier alpha value is -3.11. The van der Waals surface area contributed by atoms with Crippen LogP contribution in [0.15, 0.2) is 41.3 Å². The van der Waals surface area contributed by atoms with E-state index in [-0.39, 0.29) is 5.69 Å². The minimum atomic E-state index is -0.208. The topological polar surface area (TPSA) is 89.7 Å². The third kappa shape index (κ3) is 2.95. The molecule has 0 saturated carbocycles. The predicted octanol–water partition coefficient (Wildman–Crippen LogP) is 1.44. The van der Waals surface area contributed by atoms with Crippen molar-refractivity contribution in [1.29, 1.82) is 5.26 Å². The Kier molecular flexibility index (Phi) is 4.42. The quantitative estimate of drug-likeness (QED) is 0.748. The van der Waals surface area contributed by atoms with Crippen molar-refractivity contribution >= 4 is 16.9 Å². The smallest absolute Gasteiger partial charge is 0.328 e. The molecule has 0 aliphatic carbocycles. The number of rotatable bonds is 3. The molecular formula is C19H20N6O. The minimum absolute atomic E-state index is 0.208. The normalized spacial score (nSPS) is 15.0. The Labute approximate surface area is 150 Å². The Morgan fingerprint density at radius 1 is 1.19 bits per heavy atom. The van der Waals surface area contributed by atoms with E-state index in [9.17, 15) is 10.1 Å². The molecule has 1 saturated heterocycles. The zero-order valence-electron chi connectivity index (χ0n) is 14.4. The summed E-state index contributed by atoms with van der Waals surface area (Å²) in [5.74, 6) is 0. The molecule has 0 amide bonds. The molecule has 0 bridgehead atoms. The minimum Gasteiger partial charge on any atom is -0.368 e. The average molecular weight is 348 g/mol. The first kappa shape index (κ1) is 16.4. The molecule has 132 valence electrons. The monoisotopic (exact) mass is 348 g/mol. The molecule has 4 rings (SSSR count). The molecule has 1 aliphatic heterocycles. The summed E-state index contributed by atoms with van der Waals surface area (Å²) in [6.45, 7) is 4.07. The fourth-order valence-electron chi connectivity index (χ4n) is 3.50. The first-order valence-corrected chi connectivity index (χ1v) is 8.79. The van der Waals surface area contributed by atoms with Crippen LogP contribution in [0.3, 0.4) is 0 Å². The number of nitrogens with zero attached hydrogens (tertiary/aromatic N) is 4. The average Bonchev–Trinajstić information content (AvgIpc) is 2.85. The lowest BCUT2D eigenvalue weighted by molar-refractivity contribution is 0.724. The van der Waals surface area contributed by atoms with E-state index >= 15 is 0 Å². The van der Waals surface area contributed by atoms with E-state index in [4.69, 9.17) is 0 Å². The van der Waals surface area contributed by atoms with E-state index in [1.807, 2.05) is 24.3 Å². The van der Waals surface area contributed by atoms with Gasteiger partial charge in [-0.2, -0.15) is 5.26 Å². The number of benzene rings is 1. The predicted molar refractivity (Wildman–Crippen MR) is 100 cm³/mol. The lowest BCUT2D eigenvalue weighted by Crippen LogP contribution is -2.28. The van der Waals surface area contributed by atoms with Crippen LogP contribution in [0.1, 0.15) is 17.5 Å². The third-order valence-corrected chi connectivity index (χ3v) is 4.79. The summed E-state index contributed by atoms with van der Waals surface area (Å²) in [4.78, 5) is 22.1. The first-order valence-electron chi connectivity index (χ1n) is 8.79. The number of hydrogen-bond acceptors (Lipinski definition) is 5. The number of fused-ring (bicyclic) bond motifs is 1. The zero-order chi connectivity index (χ0) is 17.9. The van der Waals surface area contributed by atoms with Gasteiger partial charge < -0.3 is 10.2 Å². The summed E-state index contributed by atoms with van der Waals surface area (Å²) >= 11 is 0. The van der Waals surface area contributed by atoms with E-state index in [1.165, 1.54) is 0 Å². The molecule has 1 fully saturated rings. The van der Waals surface area contributed by atoms with Gasteiger partial charge >= 0.3 is 5.69 Å². The summed E-state index contributed by atoms with van der Waals surface area (Å²) < 4.78 is 1.69. The highest BCUT2D eigenvalue weighted by molar-refractivity contribution is 5.86. The lowest BCUT2D eigenvalue weighted by atomic mass is 10.1. The lowest BCUT2D eigenvalue weighted by Gasteiger charge is -2.23. The number of aromatic nitrogens is 3. The van der Waals surface area contributed by atoms with Crippen molar-refractivity contribution in [3.8, 4) is 6.07 Å². The van der Waals surface area contributed by atoms with Crippen LogP contribution in [0.5, 0.6) is 0 Å². The van der Waals surface area contributed by atoms with Gasteiger partial charge in [0.25, 0.3) is 0 Å². The van der Waals surface area contributed by atoms with Crippen molar-refractivity contribution in [2.75, 3.05) is 31.1 Å². The van der Waals surface area contributed by atoms with Crippen molar-refractivity contribution in [2.24, 2.45) is 0 Å². The van der Waals surface area contributed by atoms with Gasteiger partial charge in [0.15, 0.2) is 5.65 Å². The Balaban J connectivity index is 1.83. The number of anilines is 1. The summed E-state index contributed by atoms with van der Waals surface area (Å²) in [6, 6.07) is 11.5. The van der Waals surface area contributed by atoms with E-state index < -0.39 is 0 Å². The zero-order valence-corrected chi connectivity index (χ0v) is 14.4. The molecular weight excluding hydrogens is 328 g/mol. The molecule has 0 radical (unpaired) electrons. The standard InChI is InChI=1S/C19H20N6O/c20-12-14-4-1-2-5-15(14)13-25-17-16(24-10-3-7-21-9-11-24)6-8-22-18(17)23-19(25)26/h1-2,4-6,8,21H,3,7,9-11,13H2,(H,22,23,26). The van der Waals surface area contributed by atoms with Crippen molar-refractivity contribution in [2.45, 2.75) is 13.0 Å². The number of nitrogens with one attached hydrogen (secondary N) is 2. The van der Waals surface area contributed by atoms with Crippen LogP contribution < -0.4 is 15.9 Å². The van der Waals surface area contributed by atoms with Gasteiger partial charge in [-0.3, -0.25) is 9.55 Å². The second kappa shape index (κ2) is 7.02. The van der Waals surface area contributed by atoms with Gasteiger partial charge in [0.1, 0.15) is 5.52 Å². The van der Waals surface area contributed by atoms with Crippen molar-refractivity contribution in [3.63, 3.8) is 0 Å². The molecule has 3 heterocycles. The molecule has 0 atom stereocenters. The first-order chi connectivity index (χ1) is 12.8. The molecule has 1 aromatic carbocycles. The highest BCUT2D eigenvalue weighted by Crippen LogP contribution is 2.25. The van der Waals surface area contributed by atoms with Crippen LogP contribution in [0, 0.1) is 11.3 Å². The molecule has 1 aliphatic rings. The van der Waals surface area contributed by atoms with Crippen LogP contribution in [-0.2, 0) is 6.54 Å². The highest BCUT2D eigenvalue weighted by atomic mass is 16.1. The molecule has 7 nitrogen and oxygen atoms in total. The van der Waals surface area contributed by atoms with E-state index in [0.29, 0.717) is 17.8 Å². The summed E-state index contributed by atoms with van der Waals surface area (Å²) in [7, 11) is 0. The van der Waals surface area contributed by atoms with Gasteiger partial charge in [-0.05, 0) is 30.7 Å². The van der Waals surface area contributed by atoms with Gasteiger partial charge in [0.2, 0.25) is 0 Å². The van der Waals surface area contributed by atoms with Gasteiger partial charge in [0.05, 0.1) is 23.9 Å². The van der Waals surface area contributed by atoms with Crippen LogP contribution >= 0.6 is 0 Å². The summed E-state index contributed by atoms with van der Waals surface area (Å²) in [5.41, 5.74) is 3.59. The van der Waals surface area contributed by atoms with E-state index in [2.05, 4.69) is 26.3 Å². The Bertz CT molecular complexity index is 1020. The Morgan fingerprint density at radius 3 is 2.96 bits per heavy atom. The molecule has 0 spiro atoms. The maximum absolute atomic E-state index is 12.6. The van der Waals surface area contributed by atoms with Gasteiger partial charge in [-0.15, -0.1) is 0 Å². The van der Waals surface area contributed by atoms with Crippen LogP contribution in [0.2, 0.25) is 0 Å². The number of aromatic amines is 1. The van der Waals surface area contributed by atoms with Crippen molar-refractivity contribution in [3.05, 3.63) is 58.1 Å². The van der Waals surface area contributed by atoms with Crippen molar-refractivity contribution < 1.29 is 0 Å². The molecule has 0 unspecified atom stereocenters. The van der Waals surface area contributed by atoms with Crippen LogP contribution in [0.4, 0.5) is 5.69 Å². The van der Waals surface area contributed by atoms with Gasteiger partial charge in [0, 0.05) is 25.8 Å². The second-order valence-electron chi connectivity index (χ2n) is 6.40. The second-order valence-corrected chi connectivity index (χ2v) is 6.40. The van der Waals surface area contributed by atoms with Crippen LogP contribution in [-0.4, -0.2) is 40.7 Å². The highest BCUT2D eigenvalue weighted by Gasteiger charge is 2.18. The number of pyridine rings is 1. The van der Waals surface area contributed by atoms with E-state index in [1.54, 1.807) is 16.8 Å².